The number of benzene rings is 1. The van der Waals surface area contributed by atoms with E-state index in [1.165, 1.54) is 6.07 Å². The molecule has 0 radical (unpaired) electrons. The van der Waals surface area contributed by atoms with Crippen molar-refractivity contribution in [2.75, 3.05) is 19.6 Å². The monoisotopic (exact) mass is 306 g/mol. The van der Waals surface area contributed by atoms with Gasteiger partial charge in [-0.15, -0.1) is 0 Å². The van der Waals surface area contributed by atoms with E-state index in [9.17, 15) is 14.9 Å². The molecule has 1 aromatic carbocycles. The van der Waals surface area contributed by atoms with Gasteiger partial charge in [0.2, 0.25) is 5.91 Å². The zero-order valence-corrected chi connectivity index (χ0v) is 12.7. The maximum absolute atomic E-state index is 11.3. The Bertz CT molecular complexity index is 556. The molecule has 1 aliphatic rings. The van der Waals surface area contributed by atoms with Crippen LogP contribution in [0.5, 0.6) is 0 Å². The van der Waals surface area contributed by atoms with Crippen molar-refractivity contribution in [1.82, 2.24) is 10.2 Å². The van der Waals surface area contributed by atoms with Crippen LogP contribution in [0.1, 0.15) is 35.7 Å². The summed E-state index contributed by atoms with van der Waals surface area (Å²) in [5.74, 6) is -0.653. The number of hydrogen-bond donors (Lipinski definition) is 2. The largest absolute Gasteiger partial charge is 0.366 e. The molecule has 7 heteroatoms. The third-order valence-electron chi connectivity index (χ3n) is 4.00. The van der Waals surface area contributed by atoms with Gasteiger partial charge < -0.3 is 11.1 Å². The summed E-state index contributed by atoms with van der Waals surface area (Å²) >= 11 is 0. The van der Waals surface area contributed by atoms with Crippen molar-refractivity contribution in [2.24, 2.45) is 5.73 Å². The lowest BCUT2D eigenvalue weighted by atomic mass is 10.1. The zero-order chi connectivity index (χ0) is 16.1. The van der Waals surface area contributed by atoms with Crippen molar-refractivity contribution < 1.29 is 9.72 Å². The van der Waals surface area contributed by atoms with E-state index in [0.29, 0.717) is 18.2 Å². The second kappa shape index (κ2) is 7.33. The van der Waals surface area contributed by atoms with E-state index in [1.807, 2.05) is 0 Å². The van der Waals surface area contributed by atoms with Gasteiger partial charge in [-0.1, -0.05) is 13.0 Å². The van der Waals surface area contributed by atoms with Crippen LogP contribution in [-0.4, -0.2) is 41.4 Å². The number of nitrogens with zero attached hydrogens (tertiary/aromatic N) is 2. The molecule has 3 N–H and O–H groups in total. The summed E-state index contributed by atoms with van der Waals surface area (Å²) in [6, 6.07) is 4.87. The van der Waals surface area contributed by atoms with Gasteiger partial charge in [-0.25, -0.2) is 0 Å². The molecular weight excluding hydrogens is 284 g/mol. The number of rotatable bonds is 7. The van der Waals surface area contributed by atoms with E-state index >= 15 is 0 Å². The summed E-state index contributed by atoms with van der Waals surface area (Å²) in [6.45, 7) is 5.39. The molecule has 1 unspecified atom stereocenters. The number of primary amides is 1. The lowest BCUT2D eigenvalue weighted by molar-refractivity contribution is -0.385. The number of amides is 1. The van der Waals surface area contributed by atoms with Crippen LogP contribution in [0.2, 0.25) is 0 Å². The Hall–Kier alpha value is -1.99. The first-order valence-electron chi connectivity index (χ1n) is 7.54. The molecular formula is C15H22N4O3. The average Bonchev–Trinajstić information content (AvgIpc) is 3.00. The third kappa shape index (κ3) is 3.80. The molecule has 0 bridgehead atoms. The number of nitrogens with two attached hydrogens (primary N) is 1. The number of nitrogens with one attached hydrogen (secondary N) is 1. The Morgan fingerprint density at radius 1 is 1.55 bits per heavy atom. The normalized spacial score (nSPS) is 17.8. The Labute approximate surface area is 129 Å². The quantitative estimate of drug-likeness (QED) is 0.583. The molecule has 0 saturated carbocycles. The molecule has 1 atom stereocenters. The van der Waals surface area contributed by atoms with Gasteiger partial charge in [0.05, 0.1) is 4.92 Å². The van der Waals surface area contributed by atoms with E-state index < -0.39 is 10.8 Å². The van der Waals surface area contributed by atoms with Crippen LogP contribution >= 0.6 is 0 Å². The number of nitro benzene ring substituents is 1. The average molecular weight is 306 g/mol. The molecule has 22 heavy (non-hydrogen) atoms. The molecule has 0 aliphatic carbocycles. The van der Waals surface area contributed by atoms with Gasteiger partial charge in [-0.2, -0.15) is 0 Å². The van der Waals surface area contributed by atoms with Crippen molar-refractivity contribution in [3.05, 3.63) is 39.4 Å². The lowest BCUT2D eigenvalue weighted by Crippen LogP contribution is -2.37. The fourth-order valence-corrected chi connectivity index (χ4v) is 2.87. The molecule has 1 aliphatic heterocycles. The Balaban J connectivity index is 2.25. The van der Waals surface area contributed by atoms with Crippen molar-refractivity contribution >= 4 is 11.6 Å². The lowest BCUT2D eigenvalue weighted by Gasteiger charge is -2.27. The second-order valence-corrected chi connectivity index (χ2v) is 5.58. The Kier molecular flexibility index (Phi) is 5.46. The number of hydrogen-bond acceptors (Lipinski definition) is 5. The van der Waals surface area contributed by atoms with Crippen LogP contribution in [0.15, 0.2) is 18.2 Å². The molecule has 7 nitrogen and oxygen atoms in total. The van der Waals surface area contributed by atoms with Gasteiger partial charge in [0.25, 0.3) is 5.69 Å². The van der Waals surface area contributed by atoms with Crippen LogP contribution in [0.4, 0.5) is 5.69 Å². The molecule has 2 rings (SSSR count). The molecule has 1 aromatic rings. The standard InChI is InChI=1S/C15H22N4O3/c1-2-7-18(13-5-6-17-9-13)10-12-4-3-11(15(16)20)8-14(12)19(21)22/h3-4,8,13,17H,2,5-7,9-10H2,1H3,(H2,16,20). The molecule has 0 spiro atoms. The summed E-state index contributed by atoms with van der Waals surface area (Å²) < 4.78 is 0. The van der Waals surface area contributed by atoms with Gasteiger partial charge >= 0.3 is 0 Å². The van der Waals surface area contributed by atoms with Crippen LogP contribution in [0.3, 0.4) is 0 Å². The minimum atomic E-state index is -0.653. The highest BCUT2D eigenvalue weighted by Crippen LogP contribution is 2.24. The summed E-state index contributed by atoms with van der Waals surface area (Å²) in [7, 11) is 0. The summed E-state index contributed by atoms with van der Waals surface area (Å²) in [6.07, 6.45) is 2.04. The predicted octanol–water partition coefficient (Wildman–Crippen LogP) is 1.27. The summed E-state index contributed by atoms with van der Waals surface area (Å²) in [5, 5.41) is 14.6. The van der Waals surface area contributed by atoms with Crippen LogP contribution < -0.4 is 11.1 Å². The van der Waals surface area contributed by atoms with Gasteiger partial charge in [0.15, 0.2) is 0 Å². The Morgan fingerprint density at radius 2 is 2.32 bits per heavy atom. The predicted molar refractivity (Wildman–Crippen MR) is 83.6 cm³/mol. The van der Waals surface area contributed by atoms with Crippen molar-refractivity contribution in [3.8, 4) is 0 Å². The van der Waals surface area contributed by atoms with E-state index in [4.69, 9.17) is 5.73 Å². The fraction of sp³-hybridized carbons (Fsp3) is 0.533. The van der Waals surface area contributed by atoms with Crippen molar-refractivity contribution in [3.63, 3.8) is 0 Å². The molecule has 1 fully saturated rings. The first kappa shape index (κ1) is 16.4. The van der Waals surface area contributed by atoms with E-state index in [1.54, 1.807) is 12.1 Å². The van der Waals surface area contributed by atoms with Crippen molar-refractivity contribution in [2.45, 2.75) is 32.4 Å². The minimum Gasteiger partial charge on any atom is -0.366 e. The highest BCUT2D eigenvalue weighted by Gasteiger charge is 2.25. The topological polar surface area (TPSA) is 102 Å². The molecule has 120 valence electrons. The van der Waals surface area contributed by atoms with Gasteiger partial charge in [0, 0.05) is 36.3 Å². The van der Waals surface area contributed by atoms with Gasteiger partial charge in [-0.05, 0) is 32.0 Å². The third-order valence-corrected chi connectivity index (χ3v) is 4.00. The molecule has 0 aromatic heterocycles. The molecule has 1 heterocycles. The number of carbonyl (C=O) groups is 1. The maximum atomic E-state index is 11.3. The highest BCUT2D eigenvalue weighted by atomic mass is 16.6. The second-order valence-electron chi connectivity index (χ2n) is 5.58. The number of carbonyl (C=O) groups excluding carboxylic acids is 1. The Morgan fingerprint density at radius 3 is 2.86 bits per heavy atom. The summed E-state index contributed by atoms with van der Waals surface area (Å²) in [4.78, 5) is 24.3. The molecule has 1 amide bonds. The first-order valence-corrected chi connectivity index (χ1v) is 7.54. The van der Waals surface area contributed by atoms with Gasteiger partial charge in [0.1, 0.15) is 0 Å². The molecule has 1 saturated heterocycles. The first-order chi connectivity index (χ1) is 10.5. The highest BCUT2D eigenvalue weighted by molar-refractivity contribution is 5.93. The van der Waals surface area contributed by atoms with Gasteiger partial charge in [-0.3, -0.25) is 19.8 Å². The van der Waals surface area contributed by atoms with Crippen LogP contribution in [-0.2, 0) is 6.54 Å². The SMILES string of the molecule is CCCN(Cc1ccc(C(N)=O)cc1[N+](=O)[O-])C1CCNC1. The fourth-order valence-electron chi connectivity index (χ4n) is 2.87. The zero-order valence-electron chi connectivity index (χ0n) is 12.7. The van der Waals surface area contributed by atoms with E-state index in [0.717, 1.165) is 32.5 Å². The minimum absolute atomic E-state index is 0.0386. The maximum Gasteiger partial charge on any atom is 0.274 e. The van der Waals surface area contributed by atoms with Crippen molar-refractivity contribution in [1.29, 1.82) is 0 Å². The van der Waals surface area contributed by atoms with E-state index in [2.05, 4.69) is 17.1 Å². The van der Waals surface area contributed by atoms with Crippen LogP contribution in [0, 0.1) is 10.1 Å². The smallest absolute Gasteiger partial charge is 0.274 e. The van der Waals surface area contributed by atoms with Crippen LogP contribution in [0.25, 0.3) is 0 Å². The van der Waals surface area contributed by atoms with E-state index in [-0.39, 0.29) is 11.3 Å². The number of nitro groups is 1. The summed E-state index contributed by atoms with van der Waals surface area (Å²) in [5.41, 5.74) is 5.95.